The van der Waals surface area contributed by atoms with Crippen LogP contribution in [0.1, 0.15) is 26.2 Å². The normalized spacial score (nSPS) is 7.71. The number of rotatable bonds is 3. The largest absolute Gasteiger partial charge is 0.147 e. The third-order valence-electron chi connectivity index (χ3n) is 0.737. The highest BCUT2D eigenvalue weighted by molar-refractivity contribution is 6.17. The summed E-state index contributed by atoms with van der Waals surface area (Å²) in [6, 6.07) is 0. The standard InChI is InChI=1S/C5H11Cl.ClH/c1-2-3-4-5-6;/h2-5H2,1H3;1H. The highest BCUT2D eigenvalue weighted by atomic mass is 35.5. The Hall–Kier alpha value is 0.580. The molecule has 0 bridgehead atoms. The van der Waals surface area contributed by atoms with E-state index in [9.17, 15) is 0 Å². The fourth-order valence-corrected chi connectivity index (χ4v) is 0.533. The van der Waals surface area contributed by atoms with Crippen LogP contribution >= 0.6 is 24.0 Å². The average Bonchev–Trinajstić information content (AvgIpc) is 1.61. The van der Waals surface area contributed by atoms with Crippen LogP contribution in [-0.2, 0) is 0 Å². The van der Waals surface area contributed by atoms with Crippen LogP contribution in [0.5, 0.6) is 0 Å². The minimum absolute atomic E-state index is 0. The second kappa shape index (κ2) is 9.77. The Morgan fingerprint density at radius 2 is 1.86 bits per heavy atom. The number of unbranched alkanes of at least 4 members (excludes halogenated alkanes) is 2. The monoisotopic (exact) mass is 142 g/mol. The summed E-state index contributed by atoms with van der Waals surface area (Å²) in [6.07, 6.45) is 3.73. The van der Waals surface area contributed by atoms with E-state index < -0.39 is 0 Å². The summed E-state index contributed by atoms with van der Waals surface area (Å²) in [5, 5.41) is 0. The SMILES string of the molecule is CCCCCCl.Cl. The van der Waals surface area contributed by atoms with Gasteiger partial charge in [-0.2, -0.15) is 0 Å². The molecule has 0 spiro atoms. The lowest BCUT2D eigenvalue weighted by molar-refractivity contribution is 0.776. The lowest BCUT2D eigenvalue weighted by Crippen LogP contribution is -1.70. The van der Waals surface area contributed by atoms with Crippen LogP contribution < -0.4 is 0 Å². The van der Waals surface area contributed by atoms with Crippen LogP contribution in [0.15, 0.2) is 0 Å². The van der Waals surface area contributed by atoms with Crippen molar-refractivity contribution < 1.29 is 0 Å². The van der Waals surface area contributed by atoms with Gasteiger partial charge in [0.15, 0.2) is 0 Å². The van der Waals surface area contributed by atoms with E-state index in [0.29, 0.717) is 0 Å². The third-order valence-corrected chi connectivity index (χ3v) is 1.00. The number of hydrogen-bond donors (Lipinski definition) is 0. The molecule has 46 valence electrons. The summed E-state index contributed by atoms with van der Waals surface area (Å²) in [5.74, 6) is 0.827. The first kappa shape index (κ1) is 10.5. The van der Waals surface area contributed by atoms with Gasteiger partial charge >= 0.3 is 0 Å². The topological polar surface area (TPSA) is 0 Å². The van der Waals surface area contributed by atoms with E-state index in [1.54, 1.807) is 0 Å². The van der Waals surface area contributed by atoms with Gasteiger partial charge in [0.2, 0.25) is 0 Å². The van der Waals surface area contributed by atoms with Gasteiger partial charge in [-0.1, -0.05) is 19.8 Å². The molecule has 0 heterocycles. The summed E-state index contributed by atoms with van der Waals surface area (Å²) < 4.78 is 0. The van der Waals surface area contributed by atoms with E-state index in [1.807, 2.05) is 0 Å². The van der Waals surface area contributed by atoms with E-state index in [2.05, 4.69) is 6.92 Å². The fraction of sp³-hybridized carbons (Fsp3) is 1.00. The van der Waals surface area contributed by atoms with Crippen LogP contribution in [0.3, 0.4) is 0 Å². The van der Waals surface area contributed by atoms with Crippen LogP contribution in [0.2, 0.25) is 0 Å². The molecule has 0 aliphatic heterocycles. The molecule has 0 unspecified atom stereocenters. The first-order valence-corrected chi connectivity index (χ1v) is 3.01. The summed E-state index contributed by atoms with van der Waals surface area (Å²) in [7, 11) is 0. The predicted octanol–water partition coefficient (Wildman–Crippen LogP) is 2.84. The molecule has 0 aliphatic carbocycles. The first-order valence-electron chi connectivity index (χ1n) is 2.47. The quantitative estimate of drug-likeness (QED) is 0.421. The number of hydrogen-bond acceptors (Lipinski definition) is 0. The number of halogens is 2. The van der Waals surface area contributed by atoms with Crippen molar-refractivity contribution in [2.45, 2.75) is 26.2 Å². The van der Waals surface area contributed by atoms with Crippen molar-refractivity contribution in [3.05, 3.63) is 0 Å². The highest BCUT2D eigenvalue weighted by Crippen LogP contribution is 1.93. The molecular weight excluding hydrogens is 131 g/mol. The van der Waals surface area contributed by atoms with Gasteiger partial charge in [0, 0.05) is 5.88 Å². The fourth-order valence-electron chi connectivity index (χ4n) is 0.344. The second-order valence-corrected chi connectivity index (χ2v) is 1.77. The van der Waals surface area contributed by atoms with E-state index in [4.69, 9.17) is 11.6 Å². The summed E-state index contributed by atoms with van der Waals surface area (Å²) in [5.41, 5.74) is 0. The molecule has 0 fully saturated rings. The Labute approximate surface area is 56.7 Å². The second-order valence-electron chi connectivity index (χ2n) is 1.40. The lowest BCUT2D eigenvalue weighted by Gasteiger charge is -1.84. The van der Waals surface area contributed by atoms with Crippen molar-refractivity contribution in [1.29, 1.82) is 0 Å². The molecule has 0 rings (SSSR count). The molecule has 0 aliphatic rings. The van der Waals surface area contributed by atoms with Gasteiger partial charge < -0.3 is 0 Å². The van der Waals surface area contributed by atoms with Crippen LogP contribution in [0.4, 0.5) is 0 Å². The van der Waals surface area contributed by atoms with E-state index in [-0.39, 0.29) is 12.4 Å². The maximum absolute atomic E-state index is 5.38. The van der Waals surface area contributed by atoms with Gasteiger partial charge in [-0.15, -0.1) is 24.0 Å². The Kier molecular flexibility index (Phi) is 14.7. The molecule has 2 heteroatoms. The summed E-state index contributed by atoms with van der Waals surface area (Å²) in [4.78, 5) is 0. The van der Waals surface area contributed by atoms with Crippen molar-refractivity contribution in [1.82, 2.24) is 0 Å². The Bertz CT molecular complexity index is 18.0. The molecular formula is C5H12Cl2. The maximum Gasteiger partial charge on any atom is 0.0223 e. The predicted molar refractivity (Wildman–Crippen MR) is 37.5 cm³/mol. The van der Waals surface area contributed by atoms with Gasteiger partial charge in [-0.25, -0.2) is 0 Å². The van der Waals surface area contributed by atoms with Crippen molar-refractivity contribution in [3.63, 3.8) is 0 Å². The van der Waals surface area contributed by atoms with Crippen LogP contribution in [0, 0.1) is 0 Å². The van der Waals surface area contributed by atoms with E-state index in [1.165, 1.54) is 19.3 Å². The molecule has 0 amide bonds. The molecule has 0 saturated carbocycles. The molecule has 0 aromatic heterocycles. The zero-order valence-corrected chi connectivity index (χ0v) is 6.19. The molecule has 0 N–H and O–H groups in total. The van der Waals surface area contributed by atoms with Gasteiger partial charge in [-0.05, 0) is 6.42 Å². The Morgan fingerprint density at radius 3 is 2.00 bits per heavy atom. The van der Waals surface area contributed by atoms with Gasteiger partial charge in [0.1, 0.15) is 0 Å². The van der Waals surface area contributed by atoms with Gasteiger partial charge in [0.25, 0.3) is 0 Å². The molecule has 7 heavy (non-hydrogen) atoms. The molecule has 0 saturated heterocycles. The van der Waals surface area contributed by atoms with Crippen molar-refractivity contribution in [2.24, 2.45) is 0 Å². The number of alkyl halides is 1. The highest BCUT2D eigenvalue weighted by Gasteiger charge is 1.76. The summed E-state index contributed by atoms with van der Waals surface area (Å²) in [6.45, 7) is 2.17. The van der Waals surface area contributed by atoms with Crippen molar-refractivity contribution in [2.75, 3.05) is 5.88 Å². The third kappa shape index (κ3) is 10.8. The zero-order chi connectivity index (χ0) is 4.83. The van der Waals surface area contributed by atoms with E-state index in [0.717, 1.165) is 5.88 Å². The van der Waals surface area contributed by atoms with Crippen molar-refractivity contribution >= 4 is 24.0 Å². The average molecular weight is 143 g/mol. The van der Waals surface area contributed by atoms with Crippen LogP contribution in [-0.4, -0.2) is 5.88 Å². The smallest absolute Gasteiger partial charge is 0.0223 e. The Morgan fingerprint density at radius 1 is 1.29 bits per heavy atom. The van der Waals surface area contributed by atoms with Crippen molar-refractivity contribution in [3.8, 4) is 0 Å². The van der Waals surface area contributed by atoms with Gasteiger partial charge in [-0.3, -0.25) is 0 Å². The molecule has 0 nitrogen and oxygen atoms in total. The lowest BCUT2D eigenvalue weighted by atomic mass is 10.3. The van der Waals surface area contributed by atoms with Crippen LogP contribution in [0.25, 0.3) is 0 Å². The molecule has 0 aromatic carbocycles. The Balaban J connectivity index is 0. The molecule has 0 aromatic rings. The van der Waals surface area contributed by atoms with Gasteiger partial charge in [0.05, 0.1) is 0 Å². The minimum Gasteiger partial charge on any atom is -0.147 e. The van der Waals surface area contributed by atoms with E-state index >= 15 is 0 Å². The first-order chi connectivity index (χ1) is 2.91. The zero-order valence-electron chi connectivity index (χ0n) is 4.61. The summed E-state index contributed by atoms with van der Waals surface area (Å²) >= 11 is 5.38. The maximum atomic E-state index is 5.38. The molecule has 0 atom stereocenters. The minimum atomic E-state index is 0. The molecule has 0 radical (unpaired) electrons.